The molecule has 0 spiro atoms. The van der Waals surface area contributed by atoms with E-state index in [9.17, 15) is 4.79 Å². The Bertz CT molecular complexity index is 806. The van der Waals surface area contributed by atoms with Crippen molar-refractivity contribution in [3.8, 4) is 11.1 Å². The highest BCUT2D eigenvalue weighted by atomic mass is 79.9. The van der Waals surface area contributed by atoms with Crippen LogP contribution in [0.3, 0.4) is 0 Å². The average molecular weight is 336 g/mol. The van der Waals surface area contributed by atoms with E-state index in [-0.39, 0.29) is 5.63 Å². The second kappa shape index (κ2) is 4.83. The maximum atomic E-state index is 12.0. The first kappa shape index (κ1) is 12.5. The predicted octanol–water partition coefficient (Wildman–Crippen LogP) is 4.88. The van der Waals surface area contributed by atoms with E-state index in [1.165, 1.54) is 0 Å². The quantitative estimate of drug-likeness (QED) is 0.594. The zero-order valence-electron chi connectivity index (χ0n) is 9.69. The van der Waals surface area contributed by atoms with Gasteiger partial charge in [0.15, 0.2) is 0 Å². The van der Waals surface area contributed by atoms with Crippen molar-refractivity contribution in [2.75, 3.05) is 0 Å². The highest BCUT2D eigenvalue weighted by Crippen LogP contribution is 2.24. The van der Waals surface area contributed by atoms with Gasteiger partial charge in [-0.05, 0) is 42.0 Å². The van der Waals surface area contributed by atoms with Crippen LogP contribution in [0.4, 0.5) is 0 Å². The third-order valence-electron chi connectivity index (χ3n) is 2.85. The van der Waals surface area contributed by atoms with Crippen LogP contribution in [0.25, 0.3) is 22.1 Å². The van der Waals surface area contributed by atoms with Crippen LogP contribution in [0.15, 0.2) is 62.2 Å². The molecule has 4 heteroatoms. The van der Waals surface area contributed by atoms with E-state index in [0.29, 0.717) is 16.2 Å². The number of fused-ring (bicyclic) bond motifs is 1. The van der Waals surface area contributed by atoms with E-state index in [4.69, 9.17) is 16.0 Å². The van der Waals surface area contributed by atoms with Crippen LogP contribution >= 0.6 is 27.5 Å². The van der Waals surface area contributed by atoms with Crippen molar-refractivity contribution in [1.29, 1.82) is 0 Å². The molecule has 19 heavy (non-hydrogen) atoms. The standard InChI is InChI=1S/C15H8BrClO2/c16-11-3-6-14-10(7-11)8-13(15(18)19-14)9-1-4-12(17)5-2-9/h1-8H. The van der Waals surface area contributed by atoms with E-state index in [1.807, 2.05) is 18.2 Å². The molecule has 0 amide bonds. The van der Waals surface area contributed by atoms with Crippen molar-refractivity contribution < 1.29 is 4.42 Å². The number of hydrogen-bond acceptors (Lipinski definition) is 2. The van der Waals surface area contributed by atoms with Gasteiger partial charge >= 0.3 is 5.63 Å². The Morgan fingerprint density at radius 1 is 1.00 bits per heavy atom. The van der Waals surface area contributed by atoms with Gasteiger partial charge in [-0.15, -0.1) is 0 Å². The fourth-order valence-corrected chi connectivity index (χ4v) is 2.43. The molecule has 0 N–H and O–H groups in total. The van der Waals surface area contributed by atoms with Crippen LogP contribution in [0.2, 0.25) is 5.02 Å². The van der Waals surface area contributed by atoms with Gasteiger partial charge in [-0.3, -0.25) is 0 Å². The normalized spacial score (nSPS) is 10.8. The Morgan fingerprint density at radius 3 is 2.47 bits per heavy atom. The third-order valence-corrected chi connectivity index (χ3v) is 3.59. The lowest BCUT2D eigenvalue weighted by Gasteiger charge is -2.03. The largest absolute Gasteiger partial charge is 0.422 e. The summed E-state index contributed by atoms with van der Waals surface area (Å²) in [5.74, 6) is 0. The molecule has 0 bridgehead atoms. The van der Waals surface area contributed by atoms with Crippen molar-refractivity contribution in [1.82, 2.24) is 0 Å². The van der Waals surface area contributed by atoms with E-state index >= 15 is 0 Å². The minimum absolute atomic E-state index is 0.350. The summed E-state index contributed by atoms with van der Waals surface area (Å²) in [7, 11) is 0. The van der Waals surface area contributed by atoms with Crippen LogP contribution in [0.5, 0.6) is 0 Å². The maximum absolute atomic E-state index is 12.0. The first-order chi connectivity index (χ1) is 9.13. The molecule has 3 rings (SSSR count). The molecule has 94 valence electrons. The van der Waals surface area contributed by atoms with Gasteiger partial charge < -0.3 is 4.42 Å². The summed E-state index contributed by atoms with van der Waals surface area (Å²) in [5, 5.41) is 1.51. The van der Waals surface area contributed by atoms with E-state index < -0.39 is 0 Å². The molecule has 3 aromatic rings. The van der Waals surface area contributed by atoms with Crippen LogP contribution in [-0.2, 0) is 0 Å². The maximum Gasteiger partial charge on any atom is 0.344 e. The van der Waals surface area contributed by atoms with Crippen molar-refractivity contribution in [2.24, 2.45) is 0 Å². The fourth-order valence-electron chi connectivity index (χ4n) is 1.92. The minimum atomic E-state index is -0.350. The molecule has 2 aromatic carbocycles. The number of hydrogen-bond donors (Lipinski definition) is 0. The summed E-state index contributed by atoms with van der Waals surface area (Å²) in [6.07, 6.45) is 0. The van der Waals surface area contributed by atoms with Gasteiger partial charge in [-0.2, -0.15) is 0 Å². The summed E-state index contributed by atoms with van der Waals surface area (Å²) < 4.78 is 6.26. The smallest absolute Gasteiger partial charge is 0.344 e. The van der Waals surface area contributed by atoms with Crippen LogP contribution in [0.1, 0.15) is 0 Å². The second-order valence-electron chi connectivity index (χ2n) is 4.14. The zero-order chi connectivity index (χ0) is 13.4. The molecular formula is C15H8BrClO2. The Hall–Kier alpha value is -1.58. The van der Waals surface area contributed by atoms with E-state index in [1.54, 1.807) is 30.3 Å². The molecule has 1 aromatic heterocycles. The molecular weight excluding hydrogens is 328 g/mol. The Morgan fingerprint density at radius 2 is 1.74 bits per heavy atom. The van der Waals surface area contributed by atoms with Gasteiger partial charge in [0.2, 0.25) is 0 Å². The van der Waals surface area contributed by atoms with Crippen molar-refractivity contribution >= 4 is 38.5 Å². The summed E-state index contributed by atoms with van der Waals surface area (Å²) >= 11 is 9.25. The average Bonchev–Trinajstić information content (AvgIpc) is 2.40. The Kier molecular flexibility index (Phi) is 3.17. The van der Waals surface area contributed by atoms with Gasteiger partial charge in [0.05, 0.1) is 5.56 Å². The first-order valence-electron chi connectivity index (χ1n) is 5.63. The van der Waals surface area contributed by atoms with Crippen molar-refractivity contribution in [3.63, 3.8) is 0 Å². The van der Waals surface area contributed by atoms with E-state index in [0.717, 1.165) is 15.4 Å². The molecule has 0 saturated carbocycles. The molecule has 0 atom stereocenters. The monoisotopic (exact) mass is 334 g/mol. The summed E-state index contributed by atoms with van der Waals surface area (Å²) in [4.78, 5) is 12.0. The molecule has 0 aliphatic carbocycles. The van der Waals surface area contributed by atoms with Gasteiger partial charge in [0.25, 0.3) is 0 Å². The number of benzene rings is 2. The lowest BCUT2D eigenvalue weighted by molar-refractivity contribution is 0.563. The number of rotatable bonds is 1. The van der Waals surface area contributed by atoms with Crippen LogP contribution < -0.4 is 5.63 Å². The fraction of sp³-hybridized carbons (Fsp3) is 0. The molecule has 1 heterocycles. The predicted molar refractivity (Wildman–Crippen MR) is 80.6 cm³/mol. The summed E-state index contributed by atoms with van der Waals surface area (Å²) in [6, 6.07) is 14.5. The first-order valence-corrected chi connectivity index (χ1v) is 6.80. The van der Waals surface area contributed by atoms with Crippen LogP contribution in [0, 0.1) is 0 Å². The molecule has 0 aliphatic heterocycles. The lowest BCUT2D eigenvalue weighted by Crippen LogP contribution is -2.02. The lowest BCUT2D eigenvalue weighted by atomic mass is 10.1. The highest BCUT2D eigenvalue weighted by Gasteiger charge is 2.08. The Balaban J connectivity index is 2.26. The SMILES string of the molecule is O=c1oc2ccc(Br)cc2cc1-c1ccc(Cl)cc1. The van der Waals surface area contributed by atoms with E-state index in [2.05, 4.69) is 15.9 Å². The highest BCUT2D eigenvalue weighted by molar-refractivity contribution is 9.10. The Labute approximate surface area is 122 Å². The molecule has 0 fully saturated rings. The van der Waals surface area contributed by atoms with Crippen LogP contribution in [-0.4, -0.2) is 0 Å². The molecule has 0 saturated heterocycles. The minimum Gasteiger partial charge on any atom is -0.422 e. The van der Waals surface area contributed by atoms with Gasteiger partial charge in [-0.1, -0.05) is 39.7 Å². The third kappa shape index (κ3) is 2.44. The molecule has 0 unspecified atom stereocenters. The van der Waals surface area contributed by atoms with Crippen molar-refractivity contribution in [2.45, 2.75) is 0 Å². The molecule has 0 radical (unpaired) electrons. The van der Waals surface area contributed by atoms with Gasteiger partial charge in [-0.25, -0.2) is 4.79 Å². The van der Waals surface area contributed by atoms with Crippen molar-refractivity contribution in [3.05, 3.63) is 68.4 Å². The molecule has 2 nitrogen and oxygen atoms in total. The van der Waals surface area contributed by atoms with Gasteiger partial charge in [0.1, 0.15) is 5.58 Å². The molecule has 0 aliphatic rings. The number of halogens is 2. The second-order valence-corrected chi connectivity index (χ2v) is 5.49. The zero-order valence-corrected chi connectivity index (χ0v) is 12.0. The summed E-state index contributed by atoms with van der Waals surface area (Å²) in [5.41, 5.74) is 1.55. The van der Waals surface area contributed by atoms with Gasteiger partial charge in [0, 0.05) is 14.9 Å². The topological polar surface area (TPSA) is 30.2 Å². The summed E-state index contributed by atoms with van der Waals surface area (Å²) in [6.45, 7) is 0.